The zero-order valence-corrected chi connectivity index (χ0v) is 18.8. The summed E-state index contributed by atoms with van der Waals surface area (Å²) in [7, 11) is 4.08. The molecule has 2 rings (SSSR count). The van der Waals surface area contributed by atoms with Crippen molar-refractivity contribution in [3.63, 3.8) is 0 Å². The number of carbonyl (C=O) groups is 1. The Morgan fingerprint density at radius 3 is 1.19 bits per heavy atom. The van der Waals surface area contributed by atoms with Crippen molar-refractivity contribution in [2.75, 3.05) is 0 Å². The second-order valence-electron chi connectivity index (χ2n) is 7.53. The van der Waals surface area contributed by atoms with E-state index in [1.165, 1.54) is 44.9 Å². The summed E-state index contributed by atoms with van der Waals surface area (Å²) in [5, 5.41) is 0. The van der Waals surface area contributed by atoms with Gasteiger partial charge in [0.05, 0.1) is 0 Å². The van der Waals surface area contributed by atoms with E-state index in [1.807, 2.05) is 25.5 Å². The van der Waals surface area contributed by atoms with Gasteiger partial charge in [-0.3, -0.25) is 4.79 Å². The first-order valence-corrected chi connectivity index (χ1v) is 9.24. The Morgan fingerprint density at radius 2 is 0.846 bits per heavy atom. The minimum Gasteiger partial charge on any atom is -0.288 e. The standard InChI is InChI=1S/C12H18NO.C11H18N/c1-7-8(2)10(4)13(6)12(9(7)3)11(5)14;1-7-8(2)10(4)12(6)11(5)9(7)3/h1-6H3;1-6H3/q2*+1. The van der Waals surface area contributed by atoms with E-state index >= 15 is 0 Å². The first-order chi connectivity index (χ1) is 11.8. The molecule has 0 unspecified atom stereocenters. The van der Waals surface area contributed by atoms with Gasteiger partial charge in [-0.15, -0.1) is 0 Å². The highest BCUT2D eigenvalue weighted by molar-refractivity contribution is 5.92. The first-order valence-electron chi connectivity index (χ1n) is 9.24. The molecule has 0 saturated heterocycles. The van der Waals surface area contributed by atoms with Crippen LogP contribution in [-0.4, -0.2) is 5.78 Å². The van der Waals surface area contributed by atoms with E-state index in [9.17, 15) is 4.79 Å². The summed E-state index contributed by atoms with van der Waals surface area (Å²) < 4.78 is 4.25. The molecule has 0 saturated carbocycles. The maximum Gasteiger partial charge on any atom is 0.251 e. The first kappa shape index (κ1) is 22.0. The molecule has 0 radical (unpaired) electrons. The molecule has 0 spiro atoms. The van der Waals surface area contributed by atoms with E-state index in [-0.39, 0.29) is 5.78 Å². The number of ketones is 1. The van der Waals surface area contributed by atoms with E-state index in [0.717, 1.165) is 11.3 Å². The molecule has 26 heavy (non-hydrogen) atoms. The molecule has 0 amide bonds. The van der Waals surface area contributed by atoms with Crippen molar-refractivity contribution in [3.05, 3.63) is 56.2 Å². The fourth-order valence-electron chi connectivity index (χ4n) is 3.48. The summed E-state index contributed by atoms with van der Waals surface area (Å²) in [5.41, 5.74) is 12.6. The van der Waals surface area contributed by atoms with Crippen LogP contribution in [0, 0.1) is 62.3 Å². The zero-order valence-electron chi connectivity index (χ0n) is 18.8. The third kappa shape index (κ3) is 3.87. The number of hydrogen-bond donors (Lipinski definition) is 0. The number of pyridine rings is 2. The van der Waals surface area contributed by atoms with E-state index in [1.54, 1.807) is 6.92 Å². The summed E-state index contributed by atoms with van der Waals surface area (Å²) in [6.45, 7) is 20.8. The Balaban J connectivity index is 0.000000263. The largest absolute Gasteiger partial charge is 0.288 e. The second-order valence-corrected chi connectivity index (χ2v) is 7.53. The van der Waals surface area contributed by atoms with Gasteiger partial charge in [-0.1, -0.05) is 0 Å². The monoisotopic (exact) mass is 356 g/mol. The smallest absolute Gasteiger partial charge is 0.251 e. The minimum atomic E-state index is 0.135. The van der Waals surface area contributed by atoms with Gasteiger partial charge in [0.15, 0.2) is 17.1 Å². The van der Waals surface area contributed by atoms with Crippen molar-refractivity contribution in [2.45, 2.75) is 69.2 Å². The summed E-state index contributed by atoms with van der Waals surface area (Å²) in [5.74, 6) is 0.135. The molecule has 0 aliphatic heterocycles. The Hall–Kier alpha value is -2.03. The van der Waals surface area contributed by atoms with E-state index < -0.39 is 0 Å². The van der Waals surface area contributed by atoms with Crippen LogP contribution < -0.4 is 9.13 Å². The van der Waals surface area contributed by atoms with Crippen molar-refractivity contribution < 1.29 is 13.9 Å². The number of nitrogens with zero attached hydrogens (tertiary/aromatic N) is 2. The van der Waals surface area contributed by atoms with Gasteiger partial charge in [0.2, 0.25) is 5.78 Å². The average Bonchev–Trinajstić information content (AvgIpc) is 2.60. The number of carbonyl (C=O) groups excluding carboxylic acids is 1. The zero-order chi connectivity index (χ0) is 20.5. The highest BCUT2D eigenvalue weighted by Gasteiger charge is 2.22. The van der Waals surface area contributed by atoms with Crippen molar-refractivity contribution in [2.24, 2.45) is 14.1 Å². The Kier molecular flexibility index (Phi) is 6.87. The number of aromatic nitrogens is 2. The van der Waals surface area contributed by atoms with E-state index in [0.29, 0.717) is 0 Å². The van der Waals surface area contributed by atoms with Crippen LogP contribution in [0.1, 0.15) is 67.9 Å². The molecule has 2 aromatic heterocycles. The number of Topliss-reactive ketones (excluding diaryl/α,β-unsaturated/α-hetero) is 1. The predicted octanol–water partition coefficient (Wildman–Crippen LogP) is 4.00. The summed E-state index contributed by atoms with van der Waals surface area (Å²) in [4.78, 5) is 11.5. The van der Waals surface area contributed by atoms with Gasteiger partial charge < -0.3 is 0 Å². The van der Waals surface area contributed by atoms with Crippen molar-refractivity contribution in [1.29, 1.82) is 0 Å². The van der Waals surface area contributed by atoms with Crippen LogP contribution in [0.15, 0.2) is 0 Å². The van der Waals surface area contributed by atoms with Crippen LogP contribution in [0.5, 0.6) is 0 Å². The molecule has 3 heteroatoms. The third-order valence-electron chi connectivity index (χ3n) is 6.41. The lowest BCUT2D eigenvalue weighted by molar-refractivity contribution is -0.684. The molecule has 3 nitrogen and oxygen atoms in total. The fraction of sp³-hybridized carbons (Fsp3) is 0.522. The van der Waals surface area contributed by atoms with Gasteiger partial charge in [-0.2, -0.15) is 4.57 Å². The van der Waals surface area contributed by atoms with Gasteiger partial charge in [0.1, 0.15) is 14.1 Å². The molecule has 2 heterocycles. The minimum absolute atomic E-state index is 0.135. The Morgan fingerprint density at radius 1 is 0.538 bits per heavy atom. The van der Waals surface area contributed by atoms with Crippen LogP contribution in [-0.2, 0) is 14.1 Å². The highest BCUT2D eigenvalue weighted by atomic mass is 16.1. The highest BCUT2D eigenvalue weighted by Crippen LogP contribution is 2.17. The van der Waals surface area contributed by atoms with Crippen LogP contribution in [0.2, 0.25) is 0 Å². The molecular formula is C23H36N2O+2. The van der Waals surface area contributed by atoms with Crippen molar-refractivity contribution >= 4 is 5.78 Å². The third-order valence-corrected chi connectivity index (χ3v) is 6.41. The van der Waals surface area contributed by atoms with Gasteiger partial charge in [0, 0.05) is 49.9 Å². The number of rotatable bonds is 1. The molecule has 0 fully saturated rings. The Labute approximate surface area is 159 Å². The van der Waals surface area contributed by atoms with Crippen LogP contribution in [0.25, 0.3) is 0 Å². The topological polar surface area (TPSA) is 24.8 Å². The lowest BCUT2D eigenvalue weighted by Gasteiger charge is -2.10. The normalized spacial score (nSPS) is 10.5. The molecule has 142 valence electrons. The van der Waals surface area contributed by atoms with Gasteiger partial charge in [0.25, 0.3) is 5.69 Å². The van der Waals surface area contributed by atoms with Crippen LogP contribution in [0.3, 0.4) is 0 Å². The quantitative estimate of drug-likeness (QED) is 0.560. The summed E-state index contributed by atoms with van der Waals surface area (Å²) in [6, 6.07) is 0. The Bertz CT molecular complexity index is 743. The second kappa shape index (κ2) is 8.11. The van der Waals surface area contributed by atoms with Gasteiger partial charge in [-0.25, -0.2) is 4.57 Å². The van der Waals surface area contributed by atoms with Gasteiger partial charge >= 0.3 is 0 Å². The lowest BCUT2D eigenvalue weighted by atomic mass is 9.99. The number of hydrogen-bond acceptors (Lipinski definition) is 1. The van der Waals surface area contributed by atoms with E-state index in [2.05, 4.69) is 60.1 Å². The lowest BCUT2D eigenvalue weighted by Crippen LogP contribution is -2.41. The molecule has 2 aromatic rings. The molecule has 0 aromatic carbocycles. The fourth-order valence-corrected chi connectivity index (χ4v) is 3.48. The maximum absolute atomic E-state index is 11.5. The predicted molar refractivity (Wildman–Crippen MR) is 108 cm³/mol. The molecular weight excluding hydrogens is 320 g/mol. The SMILES string of the molecule is CC(=O)c1c(C)c(C)c(C)c(C)[n+]1C.Cc1c(C)c(C)[n+](C)c(C)c1C. The van der Waals surface area contributed by atoms with Crippen LogP contribution in [0.4, 0.5) is 0 Å². The molecule has 0 N–H and O–H groups in total. The summed E-state index contributed by atoms with van der Waals surface area (Å²) >= 11 is 0. The summed E-state index contributed by atoms with van der Waals surface area (Å²) in [6.07, 6.45) is 0. The maximum atomic E-state index is 11.5. The van der Waals surface area contributed by atoms with Crippen LogP contribution >= 0.6 is 0 Å². The van der Waals surface area contributed by atoms with Gasteiger partial charge in [-0.05, 0) is 52.7 Å². The van der Waals surface area contributed by atoms with Crippen molar-refractivity contribution in [3.8, 4) is 0 Å². The average molecular weight is 357 g/mol. The molecule has 0 atom stereocenters. The molecule has 0 aliphatic rings. The van der Waals surface area contributed by atoms with Crippen molar-refractivity contribution in [1.82, 2.24) is 0 Å². The molecule has 0 aliphatic carbocycles. The molecule has 0 bridgehead atoms. The van der Waals surface area contributed by atoms with E-state index in [4.69, 9.17) is 0 Å².